The van der Waals surface area contributed by atoms with Gasteiger partial charge in [0.2, 0.25) is 0 Å². The van der Waals surface area contributed by atoms with Gasteiger partial charge in [-0.3, -0.25) is 0 Å². The summed E-state index contributed by atoms with van der Waals surface area (Å²) in [7, 11) is 0. The van der Waals surface area contributed by atoms with E-state index in [0.717, 1.165) is 10.8 Å². The fourth-order valence-electron chi connectivity index (χ4n) is 2.04. The largest absolute Gasteiger partial charge is 0.454 e. The predicted octanol–water partition coefficient (Wildman–Crippen LogP) is 5.01. The van der Waals surface area contributed by atoms with Gasteiger partial charge in [0.15, 0.2) is 11.6 Å². The Bertz CT molecular complexity index is 789. The second-order valence-corrected chi connectivity index (χ2v) is 4.79. The van der Waals surface area contributed by atoms with Gasteiger partial charge in [0.05, 0.1) is 0 Å². The molecule has 0 saturated carbocycles. The topological polar surface area (TPSA) is 35.2 Å². The maximum atomic E-state index is 13.8. The Labute approximate surface area is 120 Å². The van der Waals surface area contributed by atoms with E-state index >= 15 is 0 Å². The van der Waals surface area contributed by atoms with Crippen molar-refractivity contribution >= 4 is 28.1 Å². The average Bonchev–Trinajstić information content (AvgIpc) is 2.45. The molecule has 3 rings (SSSR count). The predicted molar refractivity (Wildman–Crippen MR) is 79.8 cm³/mol. The number of nitrogens with two attached hydrogens (primary N) is 1. The first-order chi connectivity index (χ1) is 9.65. The van der Waals surface area contributed by atoms with Crippen molar-refractivity contribution in [3.05, 3.63) is 65.4 Å². The minimum absolute atomic E-state index is 0.131. The maximum absolute atomic E-state index is 13.8. The number of hydrogen-bond acceptors (Lipinski definition) is 2. The molecule has 2 nitrogen and oxygen atoms in total. The van der Waals surface area contributed by atoms with Crippen molar-refractivity contribution in [1.82, 2.24) is 0 Å². The van der Waals surface area contributed by atoms with Gasteiger partial charge in [-0.1, -0.05) is 35.9 Å². The second kappa shape index (κ2) is 5.02. The van der Waals surface area contributed by atoms with Gasteiger partial charge in [-0.25, -0.2) is 4.39 Å². The van der Waals surface area contributed by atoms with Gasteiger partial charge >= 0.3 is 0 Å². The molecular weight excluding hydrogens is 277 g/mol. The normalized spacial score (nSPS) is 10.7. The zero-order valence-electron chi connectivity index (χ0n) is 10.4. The molecule has 3 aromatic rings. The van der Waals surface area contributed by atoms with Crippen LogP contribution in [-0.2, 0) is 0 Å². The number of fused-ring (bicyclic) bond motifs is 1. The Hall–Kier alpha value is -2.26. The molecule has 0 aliphatic heterocycles. The van der Waals surface area contributed by atoms with Crippen LogP contribution in [0.5, 0.6) is 11.5 Å². The van der Waals surface area contributed by atoms with Gasteiger partial charge < -0.3 is 10.5 Å². The fourth-order valence-corrected chi connectivity index (χ4v) is 2.27. The summed E-state index contributed by atoms with van der Waals surface area (Å²) >= 11 is 6.14. The van der Waals surface area contributed by atoms with Gasteiger partial charge in [0.25, 0.3) is 0 Å². The van der Waals surface area contributed by atoms with Crippen LogP contribution in [0.4, 0.5) is 10.1 Å². The third-order valence-electron chi connectivity index (χ3n) is 3.01. The van der Waals surface area contributed by atoms with E-state index in [-0.39, 0.29) is 5.75 Å². The van der Waals surface area contributed by atoms with Crippen LogP contribution in [-0.4, -0.2) is 0 Å². The van der Waals surface area contributed by atoms with E-state index in [4.69, 9.17) is 22.1 Å². The van der Waals surface area contributed by atoms with Crippen LogP contribution in [0.1, 0.15) is 0 Å². The van der Waals surface area contributed by atoms with Crippen LogP contribution < -0.4 is 10.5 Å². The Balaban J connectivity index is 2.09. The zero-order chi connectivity index (χ0) is 14.1. The van der Waals surface area contributed by atoms with Crippen LogP contribution in [0.25, 0.3) is 10.8 Å². The van der Waals surface area contributed by atoms with Crippen LogP contribution in [0, 0.1) is 5.82 Å². The molecule has 0 fully saturated rings. The highest BCUT2D eigenvalue weighted by atomic mass is 35.5. The van der Waals surface area contributed by atoms with Crippen molar-refractivity contribution in [2.75, 3.05) is 5.73 Å². The van der Waals surface area contributed by atoms with Crippen molar-refractivity contribution in [3.8, 4) is 11.5 Å². The summed E-state index contributed by atoms with van der Waals surface area (Å²) in [6.07, 6.45) is 0. The van der Waals surface area contributed by atoms with Crippen LogP contribution in [0.3, 0.4) is 0 Å². The zero-order valence-corrected chi connectivity index (χ0v) is 11.2. The maximum Gasteiger partial charge on any atom is 0.167 e. The molecule has 0 unspecified atom stereocenters. The minimum atomic E-state index is -0.496. The van der Waals surface area contributed by atoms with Crippen LogP contribution in [0.15, 0.2) is 54.6 Å². The number of hydrogen-bond donors (Lipinski definition) is 1. The molecule has 0 radical (unpaired) electrons. The molecule has 100 valence electrons. The molecule has 2 N–H and O–H groups in total. The summed E-state index contributed by atoms with van der Waals surface area (Å²) in [6, 6.07) is 15.3. The summed E-state index contributed by atoms with van der Waals surface area (Å²) < 4.78 is 19.4. The number of nitrogen functional groups attached to an aromatic ring is 1. The molecule has 20 heavy (non-hydrogen) atoms. The van der Waals surface area contributed by atoms with E-state index in [1.54, 1.807) is 18.2 Å². The van der Waals surface area contributed by atoms with E-state index in [0.29, 0.717) is 16.5 Å². The highest BCUT2D eigenvalue weighted by molar-refractivity contribution is 6.35. The van der Waals surface area contributed by atoms with Crippen molar-refractivity contribution in [2.45, 2.75) is 0 Å². The highest BCUT2D eigenvalue weighted by Crippen LogP contribution is 2.35. The lowest BCUT2D eigenvalue weighted by Gasteiger charge is -2.11. The lowest BCUT2D eigenvalue weighted by atomic mass is 10.1. The van der Waals surface area contributed by atoms with E-state index in [1.807, 2.05) is 24.3 Å². The molecule has 4 heteroatoms. The minimum Gasteiger partial charge on any atom is -0.454 e. The van der Waals surface area contributed by atoms with E-state index in [9.17, 15) is 4.39 Å². The average molecular weight is 288 g/mol. The fraction of sp³-hybridized carbons (Fsp3) is 0. The van der Waals surface area contributed by atoms with Crippen molar-refractivity contribution in [1.29, 1.82) is 0 Å². The lowest BCUT2D eigenvalue weighted by Crippen LogP contribution is -1.92. The molecule has 0 aromatic heterocycles. The molecule has 0 bridgehead atoms. The van der Waals surface area contributed by atoms with Crippen molar-refractivity contribution in [3.63, 3.8) is 0 Å². The second-order valence-electron chi connectivity index (χ2n) is 4.38. The standard InChI is InChI=1S/C16H11ClFNO/c17-13-6-8-15(12-4-2-1-3-11(12)13)20-16-7-5-10(19)9-14(16)18/h1-9H,19H2. The molecule has 3 aromatic carbocycles. The number of benzene rings is 3. The molecule has 0 aliphatic carbocycles. The first kappa shape index (κ1) is 12.8. The van der Waals surface area contributed by atoms with Gasteiger partial charge in [-0.2, -0.15) is 0 Å². The molecular formula is C16H11ClFNO. The quantitative estimate of drug-likeness (QED) is 0.673. The number of rotatable bonds is 2. The van der Waals surface area contributed by atoms with Crippen LogP contribution in [0.2, 0.25) is 5.02 Å². The summed E-state index contributed by atoms with van der Waals surface area (Å²) in [5.41, 5.74) is 5.88. The lowest BCUT2D eigenvalue weighted by molar-refractivity contribution is 0.447. The summed E-state index contributed by atoms with van der Waals surface area (Å²) in [4.78, 5) is 0. The van der Waals surface area contributed by atoms with Gasteiger partial charge in [0, 0.05) is 27.5 Å². The van der Waals surface area contributed by atoms with Gasteiger partial charge in [0.1, 0.15) is 5.75 Å². The molecule has 0 heterocycles. The first-order valence-corrected chi connectivity index (χ1v) is 6.43. The molecule has 0 amide bonds. The molecule has 0 saturated heterocycles. The first-order valence-electron chi connectivity index (χ1n) is 6.05. The number of halogens is 2. The van der Waals surface area contributed by atoms with Gasteiger partial charge in [-0.15, -0.1) is 0 Å². The molecule has 0 aliphatic rings. The molecule has 0 atom stereocenters. The summed E-state index contributed by atoms with van der Waals surface area (Å²) in [5, 5.41) is 2.32. The number of ether oxygens (including phenoxy) is 1. The molecule has 0 spiro atoms. The van der Waals surface area contributed by atoms with Gasteiger partial charge in [-0.05, 0) is 24.3 Å². The SMILES string of the molecule is Nc1ccc(Oc2ccc(Cl)c3ccccc23)c(F)c1. The Kier molecular flexibility index (Phi) is 3.20. The van der Waals surface area contributed by atoms with E-state index in [1.165, 1.54) is 12.1 Å². The monoisotopic (exact) mass is 287 g/mol. The Morgan fingerprint density at radius 1 is 0.900 bits per heavy atom. The van der Waals surface area contributed by atoms with Crippen LogP contribution >= 0.6 is 11.6 Å². The van der Waals surface area contributed by atoms with Crippen molar-refractivity contribution < 1.29 is 9.13 Å². The Morgan fingerprint density at radius 2 is 1.60 bits per heavy atom. The third kappa shape index (κ3) is 2.28. The van der Waals surface area contributed by atoms with E-state index in [2.05, 4.69) is 0 Å². The Morgan fingerprint density at radius 3 is 2.35 bits per heavy atom. The van der Waals surface area contributed by atoms with Crippen molar-refractivity contribution in [2.24, 2.45) is 0 Å². The van der Waals surface area contributed by atoms with E-state index < -0.39 is 5.82 Å². The summed E-state index contributed by atoms with van der Waals surface area (Å²) in [5.74, 6) is 0.185. The highest BCUT2D eigenvalue weighted by Gasteiger charge is 2.09. The smallest absolute Gasteiger partial charge is 0.167 e. The third-order valence-corrected chi connectivity index (χ3v) is 3.34. The number of anilines is 1. The summed E-state index contributed by atoms with van der Waals surface area (Å²) in [6.45, 7) is 0.